The van der Waals surface area contributed by atoms with E-state index in [0.717, 1.165) is 4.90 Å². The Morgan fingerprint density at radius 2 is 2.07 bits per heavy atom. The zero-order chi connectivity index (χ0) is 20.4. The molecule has 28 heavy (non-hydrogen) atoms. The van der Waals surface area contributed by atoms with Crippen LogP contribution in [-0.2, 0) is 21.4 Å². The van der Waals surface area contributed by atoms with Crippen LogP contribution < -0.4 is 0 Å². The van der Waals surface area contributed by atoms with E-state index in [2.05, 4.69) is 15.5 Å². The highest BCUT2D eigenvalue weighted by Gasteiger charge is 2.65. The molecule has 2 amide bonds. The van der Waals surface area contributed by atoms with Crippen LogP contribution in [0.4, 0.5) is 13.2 Å². The third-order valence-corrected chi connectivity index (χ3v) is 6.24. The van der Waals surface area contributed by atoms with Crippen LogP contribution in [-0.4, -0.2) is 83.5 Å². The van der Waals surface area contributed by atoms with Crippen molar-refractivity contribution in [2.45, 2.75) is 29.8 Å². The van der Waals surface area contributed by atoms with Gasteiger partial charge in [0.15, 0.2) is 0 Å². The Bertz CT molecular complexity index is 915. The quantitative estimate of drug-likeness (QED) is 0.520. The summed E-state index contributed by atoms with van der Waals surface area (Å²) in [5, 5.41) is 21.0. The molecule has 0 saturated carbocycles. The number of amides is 2. The Kier molecular flexibility index (Phi) is 4.13. The Morgan fingerprint density at radius 1 is 1.36 bits per heavy atom. The van der Waals surface area contributed by atoms with Gasteiger partial charge < -0.3 is 10.0 Å². The lowest BCUT2D eigenvalue weighted by molar-refractivity contribution is -0.198. The van der Waals surface area contributed by atoms with Crippen molar-refractivity contribution in [3.8, 4) is 0 Å². The largest absolute Gasteiger partial charge is 0.477 e. The van der Waals surface area contributed by atoms with Gasteiger partial charge in [0.2, 0.25) is 5.16 Å². The fraction of sp³-hybridized carbons (Fsp3) is 0.571. The number of carbonyl (C=O) groups excluding carboxylic acids is 2. The van der Waals surface area contributed by atoms with Crippen LogP contribution in [0, 0.1) is 5.92 Å². The predicted molar refractivity (Wildman–Crippen MR) is 84.5 cm³/mol. The standard InChI is InChI=1S/C14H13F3N6O4S/c1-21-13(18-19-20-21)28-4-6-5-2-3-22(12(27)14(15,16)17)9-7(5)23(10(9)24)8(6)11(25)26/h5,7,9H,2-4H2,1H3,(H,25,26)/t5?,7-,9+/m1/s1. The topological polar surface area (TPSA) is 122 Å². The molecule has 4 rings (SSSR count). The first kappa shape index (κ1) is 18.7. The minimum atomic E-state index is -5.09. The van der Waals surface area contributed by atoms with E-state index in [9.17, 15) is 32.7 Å². The second-order valence-corrected chi connectivity index (χ2v) is 7.53. The number of carboxylic acid groups (broad SMARTS) is 1. The van der Waals surface area contributed by atoms with Crippen molar-refractivity contribution in [2.24, 2.45) is 13.0 Å². The fourth-order valence-electron chi connectivity index (χ4n) is 4.06. The average Bonchev–Trinajstić information content (AvgIpc) is 3.17. The summed E-state index contributed by atoms with van der Waals surface area (Å²) in [6, 6.07) is -2.08. The lowest BCUT2D eigenvalue weighted by atomic mass is 9.78. The average molecular weight is 418 g/mol. The fourth-order valence-corrected chi connectivity index (χ4v) is 5.02. The van der Waals surface area contributed by atoms with E-state index in [4.69, 9.17) is 0 Å². The van der Waals surface area contributed by atoms with Crippen molar-refractivity contribution in [3.05, 3.63) is 11.3 Å². The molecule has 1 aromatic heterocycles. The number of hydrogen-bond acceptors (Lipinski definition) is 7. The molecule has 1 unspecified atom stereocenters. The maximum absolute atomic E-state index is 12.8. The summed E-state index contributed by atoms with van der Waals surface area (Å²) in [5.41, 5.74) is 0.223. The van der Waals surface area contributed by atoms with Gasteiger partial charge in [-0.25, -0.2) is 9.48 Å². The van der Waals surface area contributed by atoms with E-state index >= 15 is 0 Å². The van der Waals surface area contributed by atoms with Gasteiger partial charge in [-0.1, -0.05) is 11.8 Å². The van der Waals surface area contributed by atoms with Gasteiger partial charge in [-0.3, -0.25) is 14.5 Å². The number of aliphatic carboxylic acids is 1. The summed E-state index contributed by atoms with van der Waals surface area (Å²) >= 11 is 1.17. The Morgan fingerprint density at radius 3 is 2.64 bits per heavy atom. The van der Waals surface area contributed by atoms with Crippen LogP contribution in [0.2, 0.25) is 0 Å². The lowest BCUT2D eigenvalue weighted by Crippen LogP contribution is -2.74. The van der Waals surface area contributed by atoms with Gasteiger partial charge in [-0.05, 0) is 22.4 Å². The molecule has 0 bridgehead atoms. The van der Waals surface area contributed by atoms with Crippen molar-refractivity contribution in [1.29, 1.82) is 0 Å². The number of aryl methyl sites for hydroxylation is 1. The van der Waals surface area contributed by atoms with Crippen molar-refractivity contribution in [2.75, 3.05) is 12.3 Å². The number of tetrazole rings is 1. The molecular formula is C14H13F3N6O4S. The number of carbonyl (C=O) groups is 3. The lowest BCUT2D eigenvalue weighted by Gasteiger charge is -2.53. The van der Waals surface area contributed by atoms with Crippen LogP contribution >= 0.6 is 11.8 Å². The summed E-state index contributed by atoms with van der Waals surface area (Å²) in [5.74, 6) is -4.47. The summed E-state index contributed by atoms with van der Waals surface area (Å²) < 4.78 is 39.9. The second-order valence-electron chi connectivity index (χ2n) is 6.59. The number of rotatable bonds is 4. The highest BCUT2D eigenvalue weighted by molar-refractivity contribution is 7.99. The number of β-lactam (4-membered cyclic amide) rings is 1. The minimum Gasteiger partial charge on any atom is -0.477 e. The van der Waals surface area contributed by atoms with E-state index in [-0.39, 0.29) is 24.4 Å². The molecule has 0 aliphatic carbocycles. The molecule has 150 valence electrons. The molecule has 4 heterocycles. The van der Waals surface area contributed by atoms with Gasteiger partial charge >= 0.3 is 18.1 Å². The number of nitrogens with zero attached hydrogens (tertiary/aromatic N) is 6. The summed E-state index contributed by atoms with van der Waals surface area (Å²) in [4.78, 5) is 37.4. The smallest absolute Gasteiger partial charge is 0.471 e. The number of halogens is 3. The molecule has 1 N–H and O–H groups in total. The zero-order valence-electron chi connectivity index (χ0n) is 14.3. The summed E-state index contributed by atoms with van der Waals surface area (Å²) in [6.45, 7) is -0.268. The molecule has 0 aromatic carbocycles. The molecule has 0 spiro atoms. The third-order valence-electron chi connectivity index (χ3n) is 5.18. The van der Waals surface area contributed by atoms with E-state index < -0.39 is 42.0 Å². The van der Waals surface area contributed by atoms with Gasteiger partial charge in [0.05, 0.1) is 6.04 Å². The van der Waals surface area contributed by atoms with E-state index in [1.165, 1.54) is 16.4 Å². The zero-order valence-corrected chi connectivity index (χ0v) is 15.1. The normalized spacial score (nSPS) is 26.4. The van der Waals surface area contributed by atoms with E-state index in [1.54, 1.807) is 7.05 Å². The molecule has 2 saturated heterocycles. The van der Waals surface area contributed by atoms with Gasteiger partial charge in [0, 0.05) is 25.3 Å². The van der Waals surface area contributed by atoms with Crippen LogP contribution in [0.15, 0.2) is 16.4 Å². The SMILES string of the molecule is Cn1nnnc1SCC1=C(C(=O)O)N2C(=O)[C@@H]3[C@H]2C1CCN3C(=O)C(F)(F)F. The van der Waals surface area contributed by atoms with Gasteiger partial charge in [-0.2, -0.15) is 13.2 Å². The molecule has 3 atom stereocenters. The van der Waals surface area contributed by atoms with Crippen LogP contribution in [0.25, 0.3) is 0 Å². The van der Waals surface area contributed by atoms with Crippen molar-refractivity contribution in [1.82, 2.24) is 30.0 Å². The first-order chi connectivity index (χ1) is 13.1. The Balaban J connectivity index is 1.62. The molecule has 1 aromatic rings. The number of thioether (sulfide) groups is 1. The van der Waals surface area contributed by atoms with Gasteiger partial charge in [-0.15, -0.1) is 5.10 Å². The monoisotopic (exact) mass is 418 g/mol. The van der Waals surface area contributed by atoms with E-state index in [0.29, 0.717) is 15.6 Å². The first-order valence-electron chi connectivity index (χ1n) is 8.15. The Hall–Kier alpha value is -2.64. The maximum Gasteiger partial charge on any atom is 0.471 e. The molecule has 0 radical (unpaired) electrons. The summed E-state index contributed by atoms with van der Waals surface area (Å²) in [7, 11) is 1.61. The van der Waals surface area contributed by atoms with Crippen molar-refractivity contribution >= 4 is 29.5 Å². The molecular weight excluding hydrogens is 405 g/mol. The van der Waals surface area contributed by atoms with Crippen LogP contribution in [0.3, 0.4) is 0 Å². The molecule has 3 aliphatic rings. The predicted octanol–water partition coefficient (Wildman–Crippen LogP) is -0.355. The van der Waals surface area contributed by atoms with Crippen LogP contribution in [0.5, 0.6) is 0 Å². The molecule has 14 heteroatoms. The Labute approximate surface area is 159 Å². The number of alkyl halides is 3. The maximum atomic E-state index is 12.8. The van der Waals surface area contributed by atoms with Crippen LogP contribution in [0.1, 0.15) is 6.42 Å². The minimum absolute atomic E-state index is 0.135. The highest BCUT2D eigenvalue weighted by atomic mass is 32.2. The summed E-state index contributed by atoms with van der Waals surface area (Å²) in [6.07, 6.45) is -4.96. The van der Waals surface area contributed by atoms with Gasteiger partial charge in [0.1, 0.15) is 11.7 Å². The molecule has 3 aliphatic heterocycles. The first-order valence-corrected chi connectivity index (χ1v) is 9.14. The molecule has 10 nitrogen and oxygen atoms in total. The second kappa shape index (κ2) is 6.18. The number of carboxylic acids is 1. The van der Waals surface area contributed by atoms with Gasteiger partial charge in [0.25, 0.3) is 5.91 Å². The third kappa shape index (κ3) is 2.57. The van der Waals surface area contributed by atoms with Crippen molar-refractivity contribution in [3.63, 3.8) is 0 Å². The van der Waals surface area contributed by atoms with Crippen molar-refractivity contribution < 1.29 is 32.7 Å². The number of piperidine rings is 1. The highest BCUT2D eigenvalue weighted by Crippen LogP contribution is 2.50. The number of likely N-dealkylation sites (tertiary alicyclic amines) is 1. The van der Waals surface area contributed by atoms with E-state index in [1.807, 2.05) is 0 Å². The number of hydrogen-bond donors (Lipinski definition) is 1. The molecule has 2 fully saturated rings. The number of aromatic nitrogens is 4.